The third-order valence-electron chi connectivity index (χ3n) is 2.00. The van der Waals surface area contributed by atoms with Crippen molar-refractivity contribution in [3.05, 3.63) is 33.4 Å². The first-order valence-electron chi connectivity index (χ1n) is 6.78. The zero-order valence-electron chi connectivity index (χ0n) is 13.5. The fourth-order valence-corrected chi connectivity index (χ4v) is 3.74. The number of aromatic nitrogens is 1. The molecule has 0 saturated carbocycles. The summed E-state index contributed by atoms with van der Waals surface area (Å²) >= 11 is 22.7. The third kappa shape index (κ3) is 10.3. The van der Waals surface area contributed by atoms with Gasteiger partial charge in [0.25, 0.3) is 0 Å². The Morgan fingerprint density at radius 2 is 1.58 bits per heavy atom. The van der Waals surface area contributed by atoms with Crippen LogP contribution in [0, 0.1) is 0 Å². The van der Waals surface area contributed by atoms with Crippen molar-refractivity contribution in [2.75, 3.05) is 13.2 Å². The van der Waals surface area contributed by atoms with Crippen molar-refractivity contribution in [1.82, 2.24) is 4.98 Å². The van der Waals surface area contributed by atoms with Gasteiger partial charge in [-0.2, -0.15) is 4.98 Å². The second kappa shape index (κ2) is 12.5. The summed E-state index contributed by atoms with van der Waals surface area (Å²) in [5.41, 5.74) is 0. The number of carbonyl (C=O) groups is 2. The van der Waals surface area contributed by atoms with E-state index >= 15 is 0 Å². The summed E-state index contributed by atoms with van der Waals surface area (Å²) in [6.45, 7) is 1.37. The maximum Gasteiger partial charge on any atom is 0.381 e. The molecule has 26 heavy (non-hydrogen) atoms. The van der Waals surface area contributed by atoms with Crippen molar-refractivity contribution in [3.8, 4) is 5.88 Å². The summed E-state index contributed by atoms with van der Waals surface area (Å²) in [7, 11) is 0. The van der Waals surface area contributed by atoms with Gasteiger partial charge in [0.05, 0.1) is 18.2 Å². The Morgan fingerprint density at radius 1 is 1.12 bits per heavy atom. The van der Waals surface area contributed by atoms with Gasteiger partial charge in [0.1, 0.15) is 5.02 Å². The zero-order chi connectivity index (χ0) is 20.3. The number of hydrogen-bond acceptors (Lipinski definition) is 7. The normalized spacial score (nSPS) is 11.0. The van der Waals surface area contributed by atoms with Crippen molar-refractivity contribution in [1.29, 1.82) is 0 Å². The summed E-state index contributed by atoms with van der Waals surface area (Å²) in [6.07, 6.45) is 1.12. The van der Waals surface area contributed by atoms with E-state index in [2.05, 4.69) is 4.98 Å². The third-order valence-corrected chi connectivity index (χ3v) is 5.34. The Morgan fingerprint density at radius 3 is 1.96 bits per heavy atom. The van der Waals surface area contributed by atoms with Crippen molar-refractivity contribution in [3.63, 3.8) is 0 Å². The highest BCUT2D eigenvalue weighted by molar-refractivity contribution is 8.07. The molecule has 1 aromatic heterocycles. The first-order chi connectivity index (χ1) is 12.0. The molecule has 0 bridgehead atoms. The molecule has 0 unspecified atom stereocenters. The number of carboxylic acids is 2. The topological polar surface area (TPSA) is 115 Å². The molecule has 0 aliphatic heterocycles. The van der Waals surface area contributed by atoms with E-state index in [1.54, 1.807) is 13.8 Å². The molecule has 2 N–H and O–H groups in total. The van der Waals surface area contributed by atoms with Crippen LogP contribution in [-0.2, 0) is 30.4 Å². The number of hydrogen-bond donors (Lipinski definition) is 2. The van der Waals surface area contributed by atoms with Crippen LogP contribution in [0.15, 0.2) is 18.2 Å². The summed E-state index contributed by atoms with van der Waals surface area (Å²) in [5.74, 6) is -2.46. The lowest BCUT2D eigenvalue weighted by molar-refractivity contribution is -0.134. The Hall–Kier alpha value is -0.930. The summed E-state index contributed by atoms with van der Waals surface area (Å²) in [6, 6.07) is 1.42. The number of halogens is 3. The molecule has 0 aromatic carbocycles. The van der Waals surface area contributed by atoms with Crippen molar-refractivity contribution in [2.24, 2.45) is 0 Å². The van der Waals surface area contributed by atoms with E-state index < -0.39 is 18.7 Å². The molecule has 1 rings (SSSR count). The molecule has 0 spiro atoms. The lowest BCUT2D eigenvalue weighted by atomic mass is 10.5. The lowest BCUT2D eigenvalue weighted by Crippen LogP contribution is -2.03. The Bertz CT molecular complexity index is 691. The van der Waals surface area contributed by atoms with Crippen LogP contribution < -0.4 is 4.52 Å². The Balaban J connectivity index is 0.000000660. The molecular formula is C13H15Cl3NO7PS. The molecule has 146 valence electrons. The van der Waals surface area contributed by atoms with E-state index in [-0.39, 0.29) is 21.1 Å². The molecule has 0 fully saturated rings. The van der Waals surface area contributed by atoms with Gasteiger partial charge in [-0.1, -0.05) is 34.8 Å². The lowest BCUT2D eigenvalue weighted by Gasteiger charge is -2.20. The molecule has 0 aliphatic rings. The minimum atomic E-state index is -2.92. The van der Waals surface area contributed by atoms with Crippen LogP contribution >= 0.6 is 41.5 Å². The van der Waals surface area contributed by atoms with Gasteiger partial charge in [-0.05, 0) is 19.9 Å². The van der Waals surface area contributed by atoms with Crippen LogP contribution in [0.5, 0.6) is 5.88 Å². The van der Waals surface area contributed by atoms with Gasteiger partial charge in [-0.3, -0.25) is 9.05 Å². The summed E-state index contributed by atoms with van der Waals surface area (Å²) < 4.78 is 16.1. The van der Waals surface area contributed by atoms with E-state index in [0.717, 1.165) is 0 Å². The molecule has 8 nitrogen and oxygen atoms in total. The molecule has 0 aliphatic carbocycles. The van der Waals surface area contributed by atoms with Gasteiger partial charge in [0.15, 0.2) is 5.15 Å². The summed E-state index contributed by atoms with van der Waals surface area (Å²) in [5, 5.41) is 16.1. The average molecular weight is 467 g/mol. The molecule has 0 radical (unpaired) electrons. The number of pyridine rings is 1. The van der Waals surface area contributed by atoms with Crippen LogP contribution in [0.4, 0.5) is 0 Å². The molecule has 0 atom stereocenters. The van der Waals surface area contributed by atoms with Gasteiger partial charge < -0.3 is 14.7 Å². The van der Waals surface area contributed by atoms with Gasteiger partial charge in [-0.15, -0.1) is 0 Å². The quantitative estimate of drug-likeness (QED) is 0.326. The number of carboxylic acid groups (broad SMARTS) is 2. The summed E-state index contributed by atoms with van der Waals surface area (Å²) in [4.78, 5) is 23.0. The fraction of sp³-hybridized carbons (Fsp3) is 0.308. The maximum absolute atomic E-state index is 9.55. The first-order valence-corrected chi connectivity index (χ1v) is 10.5. The van der Waals surface area contributed by atoms with Crippen molar-refractivity contribution >= 4 is 65.3 Å². The molecule has 0 saturated heterocycles. The smallest absolute Gasteiger partial charge is 0.381 e. The van der Waals surface area contributed by atoms with Gasteiger partial charge >= 0.3 is 18.7 Å². The highest BCUT2D eigenvalue weighted by Crippen LogP contribution is 2.51. The molecule has 0 amide bonds. The van der Waals surface area contributed by atoms with E-state index in [1.165, 1.54) is 6.07 Å². The van der Waals surface area contributed by atoms with Crippen LogP contribution in [0.25, 0.3) is 0 Å². The minimum absolute atomic E-state index is 0.0521. The van der Waals surface area contributed by atoms with Crippen molar-refractivity contribution < 1.29 is 33.4 Å². The van der Waals surface area contributed by atoms with Gasteiger partial charge in [0, 0.05) is 24.0 Å². The van der Waals surface area contributed by atoms with Crippen LogP contribution in [-0.4, -0.2) is 40.3 Å². The SMILES string of the molecule is CCOP(=S)(OCC)Oc1nc(Cl)c(Cl)cc1Cl.O=C(O)/C=C\C(=O)O. The van der Waals surface area contributed by atoms with Crippen molar-refractivity contribution in [2.45, 2.75) is 13.8 Å². The predicted molar refractivity (Wildman–Crippen MR) is 102 cm³/mol. The standard InChI is InChI=1S/C9H11Cl3NO3PS.C4H4O4/c1-3-14-17(18,15-4-2)16-9-7(11)5-6(10)8(12)13-9;5-3(6)1-2-4(7)8/h5H,3-4H2,1-2H3;1-2H,(H,5,6)(H,7,8)/b;2-1-. The van der Waals surface area contributed by atoms with Crippen LogP contribution in [0.3, 0.4) is 0 Å². The monoisotopic (exact) mass is 465 g/mol. The van der Waals surface area contributed by atoms with Crippen LogP contribution in [0.1, 0.15) is 13.8 Å². The molecule has 1 aromatic rings. The Labute approximate surface area is 169 Å². The molecule has 1 heterocycles. The number of nitrogens with zero attached hydrogens (tertiary/aromatic N) is 1. The Kier molecular flexibility index (Phi) is 12.0. The van der Waals surface area contributed by atoms with E-state index in [4.69, 9.17) is 70.4 Å². The van der Waals surface area contributed by atoms with Crippen LogP contribution in [0.2, 0.25) is 15.2 Å². The first kappa shape index (κ1) is 25.1. The minimum Gasteiger partial charge on any atom is -0.478 e. The van der Waals surface area contributed by atoms with E-state index in [0.29, 0.717) is 25.4 Å². The molecular weight excluding hydrogens is 452 g/mol. The predicted octanol–water partition coefficient (Wildman–Crippen LogP) is 4.43. The fourth-order valence-electron chi connectivity index (χ4n) is 1.15. The average Bonchev–Trinajstić information content (AvgIpc) is 2.51. The van der Waals surface area contributed by atoms with Gasteiger partial charge in [0.2, 0.25) is 5.88 Å². The van der Waals surface area contributed by atoms with E-state index in [1.807, 2.05) is 0 Å². The van der Waals surface area contributed by atoms with Gasteiger partial charge in [-0.25, -0.2) is 9.59 Å². The maximum atomic E-state index is 9.55. The largest absolute Gasteiger partial charge is 0.478 e. The highest BCUT2D eigenvalue weighted by Gasteiger charge is 2.24. The highest BCUT2D eigenvalue weighted by atomic mass is 35.5. The number of aliphatic carboxylic acids is 2. The number of rotatable bonds is 8. The molecule has 13 heteroatoms. The second-order valence-corrected chi connectivity index (χ2v) is 8.04. The second-order valence-electron chi connectivity index (χ2n) is 3.93. The van der Waals surface area contributed by atoms with E-state index in [9.17, 15) is 9.59 Å². The zero-order valence-corrected chi connectivity index (χ0v) is 17.5.